The molecule has 3 nitrogen and oxygen atoms in total. The summed E-state index contributed by atoms with van der Waals surface area (Å²) in [6, 6.07) is 3.23. The fraction of sp³-hybridized carbons (Fsp3) is 0.400. The highest BCUT2D eigenvalue weighted by molar-refractivity contribution is 9.10. The Balaban J connectivity index is 3.25. The summed E-state index contributed by atoms with van der Waals surface area (Å²) in [6.45, 7) is 4.00. The first-order valence-electron chi connectivity index (χ1n) is 4.47. The van der Waals surface area contributed by atoms with E-state index in [4.69, 9.17) is 11.5 Å². The second-order valence-corrected chi connectivity index (χ2v) is 4.52. The van der Waals surface area contributed by atoms with Gasteiger partial charge in [0.05, 0.1) is 5.69 Å². The van der Waals surface area contributed by atoms with Gasteiger partial charge >= 0.3 is 0 Å². The van der Waals surface area contributed by atoms with Gasteiger partial charge in [0.15, 0.2) is 0 Å². The zero-order chi connectivity index (χ0) is 10.9. The molecule has 1 atom stereocenters. The van der Waals surface area contributed by atoms with Crippen molar-refractivity contribution >= 4 is 21.6 Å². The third-order valence-corrected chi connectivity index (χ3v) is 2.94. The van der Waals surface area contributed by atoms with Gasteiger partial charge in [0.2, 0.25) is 0 Å². The van der Waals surface area contributed by atoms with Crippen molar-refractivity contribution in [2.24, 2.45) is 11.7 Å². The highest BCUT2D eigenvalue weighted by Crippen LogP contribution is 2.37. The van der Waals surface area contributed by atoms with Crippen molar-refractivity contribution in [3.63, 3.8) is 0 Å². The van der Waals surface area contributed by atoms with Gasteiger partial charge in [0.1, 0.15) is 5.75 Å². The monoisotopic (exact) mass is 258 g/mol. The van der Waals surface area contributed by atoms with E-state index in [-0.39, 0.29) is 17.7 Å². The molecular formula is C10H15BrN2O. The van der Waals surface area contributed by atoms with Crippen LogP contribution in [0.15, 0.2) is 16.6 Å². The van der Waals surface area contributed by atoms with Gasteiger partial charge in [-0.1, -0.05) is 29.8 Å². The summed E-state index contributed by atoms with van der Waals surface area (Å²) in [5, 5.41) is 9.76. The van der Waals surface area contributed by atoms with Gasteiger partial charge in [0, 0.05) is 16.1 Å². The summed E-state index contributed by atoms with van der Waals surface area (Å²) in [5.41, 5.74) is 12.6. The molecule has 0 aliphatic carbocycles. The molecule has 0 bridgehead atoms. The Morgan fingerprint density at radius 1 is 1.36 bits per heavy atom. The normalized spacial score (nSPS) is 13.2. The fourth-order valence-corrected chi connectivity index (χ4v) is 1.83. The Labute approximate surface area is 92.2 Å². The minimum Gasteiger partial charge on any atom is -0.505 e. The third kappa shape index (κ3) is 2.01. The van der Waals surface area contributed by atoms with Crippen molar-refractivity contribution < 1.29 is 5.11 Å². The van der Waals surface area contributed by atoms with Gasteiger partial charge in [-0.3, -0.25) is 0 Å². The summed E-state index contributed by atoms with van der Waals surface area (Å²) in [7, 11) is 0. The number of hydrogen-bond acceptors (Lipinski definition) is 3. The van der Waals surface area contributed by atoms with E-state index in [0.717, 1.165) is 4.47 Å². The summed E-state index contributed by atoms with van der Waals surface area (Å²) < 4.78 is 0.797. The molecule has 0 spiro atoms. The minimum absolute atomic E-state index is 0.0839. The van der Waals surface area contributed by atoms with E-state index in [0.29, 0.717) is 11.3 Å². The van der Waals surface area contributed by atoms with Crippen LogP contribution in [-0.4, -0.2) is 5.11 Å². The first-order valence-corrected chi connectivity index (χ1v) is 5.26. The van der Waals surface area contributed by atoms with E-state index >= 15 is 0 Å². The summed E-state index contributed by atoms with van der Waals surface area (Å²) >= 11 is 3.35. The number of nitrogens with two attached hydrogens (primary N) is 2. The van der Waals surface area contributed by atoms with Crippen molar-refractivity contribution in [1.82, 2.24) is 0 Å². The highest BCUT2D eigenvalue weighted by atomic mass is 79.9. The number of anilines is 1. The quantitative estimate of drug-likeness (QED) is 0.564. The van der Waals surface area contributed by atoms with Gasteiger partial charge in [-0.25, -0.2) is 0 Å². The lowest BCUT2D eigenvalue weighted by Crippen LogP contribution is -2.17. The van der Waals surface area contributed by atoms with Crippen LogP contribution in [0.1, 0.15) is 25.5 Å². The molecule has 0 fully saturated rings. The van der Waals surface area contributed by atoms with E-state index in [1.54, 1.807) is 12.1 Å². The smallest absolute Gasteiger partial charge is 0.144 e. The average Bonchev–Trinajstić information content (AvgIpc) is 2.12. The molecule has 4 heteroatoms. The number of rotatable bonds is 2. The molecule has 5 N–H and O–H groups in total. The van der Waals surface area contributed by atoms with Crippen molar-refractivity contribution in [3.05, 3.63) is 22.2 Å². The van der Waals surface area contributed by atoms with E-state index in [1.807, 2.05) is 13.8 Å². The van der Waals surface area contributed by atoms with Gasteiger partial charge in [0.25, 0.3) is 0 Å². The third-order valence-electron chi connectivity index (χ3n) is 2.25. The zero-order valence-corrected chi connectivity index (χ0v) is 9.88. The Kier molecular flexibility index (Phi) is 3.39. The lowest BCUT2D eigenvalue weighted by atomic mass is 9.96. The predicted octanol–water partition coefficient (Wildman–Crippen LogP) is 2.39. The van der Waals surface area contributed by atoms with Crippen molar-refractivity contribution in [2.45, 2.75) is 19.9 Å². The number of hydrogen-bond donors (Lipinski definition) is 3. The topological polar surface area (TPSA) is 72.3 Å². The van der Waals surface area contributed by atoms with Crippen molar-refractivity contribution in [1.29, 1.82) is 0 Å². The maximum Gasteiger partial charge on any atom is 0.144 e. The van der Waals surface area contributed by atoms with E-state index < -0.39 is 0 Å². The molecule has 0 heterocycles. The number of phenolic OH excluding ortho intramolecular Hbond substituents is 1. The van der Waals surface area contributed by atoms with Crippen LogP contribution in [0.4, 0.5) is 5.69 Å². The SMILES string of the molecule is CC(C)[C@H](N)c1c(Br)ccc(N)c1O. The second-order valence-electron chi connectivity index (χ2n) is 3.67. The first kappa shape index (κ1) is 11.3. The molecule has 0 amide bonds. The molecule has 14 heavy (non-hydrogen) atoms. The molecule has 78 valence electrons. The second kappa shape index (κ2) is 4.19. The molecule has 0 radical (unpaired) electrons. The molecule has 0 aliphatic rings. The fourth-order valence-electron chi connectivity index (χ4n) is 1.25. The molecule has 1 aromatic carbocycles. The Bertz CT molecular complexity index is 339. The largest absolute Gasteiger partial charge is 0.505 e. The van der Waals surface area contributed by atoms with Gasteiger partial charge in [-0.2, -0.15) is 0 Å². The van der Waals surface area contributed by atoms with Gasteiger partial charge < -0.3 is 16.6 Å². The molecule has 1 aromatic rings. The van der Waals surface area contributed by atoms with E-state index in [9.17, 15) is 5.11 Å². The van der Waals surface area contributed by atoms with Crippen LogP contribution in [0, 0.1) is 5.92 Å². The Hall–Kier alpha value is -0.740. The highest BCUT2D eigenvalue weighted by Gasteiger charge is 2.19. The number of halogens is 1. The zero-order valence-electron chi connectivity index (χ0n) is 8.29. The Morgan fingerprint density at radius 2 is 1.93 bits per heavy atom. The molecular weight excluding hydrogens is 244 g/mol. The molecule has 0 aromatic heterocycles. The lowest BCUT2D eigenvalue weighted by Gasteiger charge is -2.19. The molecule has 0 saturated heterocycles. The number of aromatic hydroxyl groups is 1. The number of nitrogen functional groups attached to an aromatic ring is 1. The maximum absolute atomic E-state index is 9.76. The first-order chi connectivity index (χ1) is 6.45. The van der Waals surface area contributed by atoms with Crippen LogP contribution < -0.4 is 11.5 Å². The van der Waals surface area contributed by atoms with Gasteiger partial charge in [-0.15, -0.1) is 0 Å². The molecule has 0 saturated carbocycles. The molecule has 1 rings (SSSR count). The Morgan fingerprint density at radius 3 is 2.43 bits per heavy atom. The van der Waals surface area contributed by atoms with Gasteiger partial charge in [-0.05, 0) is 18.1 Å². The number of benzene rings is 1. The van der Waals surface area contributed by atoms with Crippen LogP contribution in [-0.2, 0) is 0 Å². The predicted molar refractivity (Wildman–Crippen MR) is 62.0 cm³/mol. The van der Waals surface area contributed by atoms with E-state index in [2.05, 4.69) is 15.9 Å². The standard InChI is InChI=1S/C10H15BrN2O/c1-5(2)9(13)8-6(11)3-4-7(12)10(8)14/h3-5,9,14H,12-13H2,1-2H3/t9-/m0/s1. The number of phenols is 1. The van der Waals surface area contributed by atoms with E-state index in [1.165, 1.54) is 0 Å². The van der Waals surface area contributed by atoms with Crippen molar-refractivity contribution in [3.8, 4) is 5.75 Å². The van der Waals surface area contributed by atoms with Crippen LogP contribution in [0.3, 0.4) is 0 Å². The van der Waals surface area contributed by atoms with Crippen LogP contribution in [0.25, 0.3) is 0 Å². The summed E-state index contributed by atoms with van der Waals surface area (Å²) in [5.74, 6) is 0.333. The van der Waals surface area contributed by atoms with Crippen LogP contribution in [0.2, 0.25) is 0 Å². The van der Waals surface area contributed by atoms with Crippen LogP contribution >= 0.6 is 15.9 Å². The maximum atomic E-state index is 9.76. The van der Waals surface area contributed by atoms with Crippen LogP contribution in [0.5, 0.6) is 5.75 Å². The minimum atomic E-state index is -0.215. The molecule has 0 aliphatic heterocycles. The average molecular weight is 259 g/mol. The summed E-state index contributed by atoms with van der Waals surface area (Å²) in [6.07, 6.45) is 0. The molecule has 0 unspecified atom stereocenters. The lowest BCUT2D eigenvalue weighted by molar-refractivity contribution is 0.441. The van der Waals surface area contributed by atoms with Crippen molar-refractivity contribution in [2.75, 3.05) is 5.73 Å². The summed E-state index contributed by atoms with van der Waals surface area (Å²) in [4.78, 5) is 0.